The van der Waals surface area contributed by atoms with Crippen molar-refractivity contribution in [3.63, 3.8) is 0 Å². The van der Waals surface area contributed by atoms with Crippen LogP contribution in [0.5, 0.6) is 0 Å². The minimum Gasteiger partial charge on any atom is -0.294 e. The van der Waals surface area contributed by atoms with Gasteiger partial charge in [0.1, 0.15) is 0 Å². The zero-order valence-electron chi connectivity index (χ0n) is 12.7. The van der Waals surface area contributed by atoms with Gasteiger partial charge in [0.25, 0.3) is 0 Å². The first-order chi connectivity index (χ1) is 10.8. The Kier molecular flexibility index (Phi) is 5.04. The molecule has 0 radical (unpaired) electrons. The van der Waals surface area contributed by atoms with Crippen molar-refractivity contribution in [2.75, 3.05) is 0 Å². The van der Waals surface area contributed by atoms with Gasteiger partial charge >= 0.3 is 6.18 Å². The zero-order chi connectivity index (χ0) is 17.0. The van der Waals surface area contributed by atoms with Crippen LogP contribution in [0.15, 0.2) is 66.7 Å². The summed E-state index contributed by atoms with van der Waals surface area (Å²) in [5, 5.41) is 0. The SMILES string of the molecule is C=C(C)C(CC(=O)c1ccc(C(F)(F)F)cc1)c1ccccc1. The summed E-state index contributed by atoms with van der Waals surface area (Å²) in [6.45, 7) is 5.77. The minimum absolute atomic E-state index is 0.147. The van der Waals surface area contributed by atoms with E-state index in [1.54, 1.807) is 0 Å². The number of carbonyl (C=O) groups excluding carboxylic acids is 1. The van der Waals surface area contributed by atoms with Crippen LogP contribution < -0.4 is 0 Å². The Morgan fingerprint density at radius 2 is 1.61 bits per heavy atom. The first-order valence-corrected chi connectivity index (χ1v) is 7.20. The summed E-state index contributed by atoms with van der Waals surface area (Å²) in [4.78, 5) is 12.4. The van der Waals surface area contributed by atoms with Gasteiger partial charge in [0.2, 0.25) is 0 Å². The molecule has 4 heteroatoms. The monoisotopic (exact) mass is 318 g/mol. The second-order valence-electron chi connectivity index (χ2n) is 5.51. The molecule has 23 heavy (non-hydrogen) atoms. The number of hydrogen-bond acceptors (Lipinski definition) is 1. The molecule has 0 saturated carbocycles. The number of benzene rings is 2. The molecular formula is C19H17F3O. The minimum atomic E-state index is -4.40. The Balaban J connectivity index is 2.18. The maximum atomic E-state index is 12.6. The van der Waals surface area contributed by atoms with Gasteiger partial charge in [-0.25, -0.2) is 0 Å². The van der Waals surface area contributed by atoms with E-state index in [0.29, 0.717) is 0 Å². The average Bonchev–Trinajstić information content (AvgIpc) is 2.52. The van der Waals surface area contributed by atoms with Crippen LogP contribution in [0.4, 0.5) is 13.2 Å². The summed E-state index contributed by atoms with van der Waals surface area (Å²) in [7, 11) is 0. The van der Waals surface area contributed by atoms with E-state index in [9.17, 15) is 18.0 Å². The Hall–Kier alpha value is -2.36. The van der Waals surface area contributed by atoms with Crippen LogP contribution in [0.25, 0.3) is 0 Å². The molecule has 2 aromatic rings. The lowest BCUT2D eigenvalue weighted by molar-refractivity contribution is -0.137. The number of ketones is 1. The summed E-state index contributed by atoms with van der Waals surface area (Å²) in [5.41, 5.74) is 1.34. The molecule has 0 fully saturated rings. The highest BCUT2D eigenvalue weighted by molar-refractivity contribution is 5.96. The van der Waals surface area contributed by atoms with Crippen LogP contribution >= 0.6 is 0 Å². The van der Waals surface area contributed by atoms with Crippen LogP contribution in [0.2, 0.25) is 0 Å². The first-order valence-electron chi connectivity index (χ1n) is 7.20. The van der Waals surface area contributed by atoms with E-state index in [0.717, 1.165) is 23.3 Å². The number of rotatable bonds is 5. The molecule has 0 aliphatic carbocycles. The standard InChI is InChI=1S/C19H17F3O/c1-13(2)17(14-6-4-3-5-7-14)12-18(23)15-8-10-16(11-9-15)19(20,21)22/h3-11,17H,1,12H2,2H3. The van der Waals surface area contributed by atoms with Gasteiger partial charge in [0.05, 0.1) is 5.56 Å². The van der Waals surface area contributed by atoms with Gasteiger partial charge in [0.15, 0.2) is 5.78 Å². The number of carbonyl (C=O) groups is 1. The quantitative estimate of drug-likeness (QED) is 0.515. The highest BCUT2D eigenvalue weighted by Crippen LogP contribution is 2.31. The summed E-state index contributed by atoms with van der Waals surface area (Å²) in [6.07, 6.45) is -4.21. The molecule has 0 aromatic heterocycles. The number of halogens is 3. The summed E-state index contributed by atoms with van der Waals surface area (Å²) >= 11 is 0. The van der Waals surface area contributed by atoms with Crippen molar-refractivity contribution in [3.05, 3.63) is 83.4 Å². The molecule has 0 aliphatic heterocycles. The third kappa shape index (κ3) is 4.31. The maximum Gasteiger partial charge on any atom is 0.416 e. The van der Waals surface area contributed by atoms with E-state index in [1.165, 1.54) is 12.1 Å². The summed E-state index contributed by atoms with van der Waals surface area (Å²) in [5.74, 6) is -0.346. The van der Waals surface area contributed by atoms with Gasteiger partial charge in [-0.05, 0) is 24.6 Å². The lowest BCUT2D eigenvalue weighted by atomic mass is 9.87. The Bertz CT molecular complexity index is 685. The molecule has 0 aliphatic rings. The van der Waals surface area contributed by atoms with Crippen molar-refractivity contribution in [2.45, 2.75) is 25.4 Å². The van der Waals surface area contributed by atoms with Crippen LogP contribution in [0.1, 0.15) is 40.7 Å². The fourth-order valence-corrected chi connectivity index (χ4v) is 2.41. The van der Waals surface area contributed by atoms with E-state index >= 15 is 0 Å². The van der Waals surface area contributed by atoms with E-state index in [-0.39, 0.29) is 23.7 Å². The maximum absolute atomic E-state index is 12.6. The molecule has 120 valence electrons. The third-order valence-corrected chi connectivity index (χ3v) is 3.72. The molecule has 1 nitrogen and oxygen atoms in total. The van der Waals surface area contributed by atoms with Crippen molar-refractivity contribution < 1.29 is 18.0 Å². The molecule has 0 N–H and O–H groups in total. The second kappa shape index (κ2) is 6.82. The Morgan fingerprint density at radius 1 is 1.04 bits per heavy atom. The van der Waals surface area contributed by atoms with Crippen LogP contribution in [0, 0.1) is 0 Å². The molecule has 2 aromatic carbocycles. The lowest BCUT2D eigenvalue weighted by Crippen LogP contribution is -2.10. The normalized spacial score (nSPS) is 12.7. The zero-order valence-corrected chi connectivity index (χ0v) is 12.7. The number of alkyl halides is 3. The molecule has 0 amide bonds. The molecule has 0 spiro atoms. The van der Waals surface area contributed by atoms with Crippen molar-refractivity contribution in [1.29, 1.82) is 0 Å². The highest BCUT2D eigenvalue weighted by Gasteiger charge is 2.30. The molecule has 1 atom stereocenters. The van der Waals surface area contributed by atoms with Crippen molar-refractivity contribution >= 4 is 5.78 Å². The molecule has 2 rings (SSSR count). The molecule has 0 bridgehead atoms. The first kappa shape index (κ1) is 17.0. The molecule has 0 saturated heterocycles. The van der Waals surface area contributed by atoms with E-state index in [4.69, 9.17) is 0 Å². The van der Waals surface area contributed by atoms with Crippen LogP contribution in [-0.2, 0) is 6.18 Å². The fourth-order valence-electron chi connectivity index (χ4n) is 2.41. The van der Waals surface area contributed by atoms with Gasteiger partial charge in [-0.3, -0.25) is 4.79 Å². The summed E-state index contributed by atoms with van der Waals surface area (Å²) in [6, 6.07) is 13.8. The van der Waals surface area contributed by atoms with E-state index in [2.05, 4.69) is 6.58 Å². The predicted octanol–water partition coefficient (Wildman–Crippen LogP) is 5.64. The van der Waals surface area contributed by atoms with Gasteiger partial charge in [-0.2, -0.15) is 13.2 Å². The molecular weight excluding hydrogens is 301 g/mol. The van der Waals surface area contributed by atoms with Crippen molar-refractivity contribution in [1.82, 2.24) is 0 Å². The van der Waals surface area contributed by atoms with Gasteiger partial charge in [0, 0.05) is 17.9 Å². The van der Waals surface area contributed by atoms with E-state index in [1.807, 2.05) is 37.3 Å². The Morgan fingerprint density at radius 3 is 2.09 bits per heavy atom. The smallest absolute Gasteiger partial charge is 0.294 e. The number of hydrogen-bond donors (Lipinski definition) is 0. The van der Waals surface area contributed by atoms with Crippen molar-refractivity contribution in [3.8, 4) is 0 Å². The second-order valence-corrected chi connectivity index (χ2v) is 5.51. The number of Topliss-reactive ketones (excluding diaryl/α,β-unsaturated/α-hetero) is 1. The van der Waals surface area contributed by atoms with Crippen LogP contribution in [-0.4, -0.2) is 5.78 Å². The topological polar surface area (TPSA) is 17.1 Å². The number of allylic oxidation sites excluding steroid dienone is 1. The van der Waals surface area contributed by atoms with Gasteiger partial charge in [-0.1, -0.05) is 54.6 Å². The van der Waals surface area contributed by atoms with E-state index < -0.39 is 11.7 Å². The fraction of sp³-hybridized carbons (Fsp3) is 0.211. The van der Waals surface area contributed by atoms with Crippen LogP contribution in [0.3, 0.4) is 0 Å². The Labute approximate surface area is 133 Å². The van der Waals surface area contributed by atoms with Gasteiger partial charge < -0.3 is 0 Å². The molecule has 1 unspecified atom stereocenters. The largest absolute Gasteiger partial charge is 0.416 e. The summed E-state index contributed by atoms with van der Waals surface area (Å²) < 4.78 is 37.7. The highest BCUT2D eigenvalue weighted by atomic mass is 19.4. The lowest BCUT2D eigenvalue weighted by Gasteiger charge is -2.17. The van der Waals surface area contributed by atoms with Crippen molar-refractivity contribution in [2.24, 2.45) is 0 Å². The van der Waals surface area contributed by atoms with Gasteiger partial charge in [-0.15, -0.1) is 0 Å². The third-order valence-electron chi connectivity index (χ3n) is 3.72. The molecule has 0 heterocycles. The average molecular weight is 318 g/mol. The predicted molar refractivity (Wildman–Crippen MR) is 84.4 cm³/mol.